The molecule has 1 rings (SSSR count). The van der Waals surface area contributed by atoms with Gasteiger partial charge in [0.05, 0.1) is 0 Å². The average molecular weight is 204 g/mol. The van der Waals surface area contributed by atoms with Crippen LogP contribution in [-0.4, -0.2) is 0 Å². The molecule has 0 aliphatic heterocycles. The predicted molar refractivity (Wildman–Crippen MR) is 68.2 cm³/mol. The SMILES string of the molecule is CCCc1ccc(CCC(C)(C)C)cc1. The maximum absolute atomic E-state index is 2.30. The fraction of sp³-hybridized carbons (Fsp3) is 0.600. The van der Waals surface area contributed by atoms with Crippen molar-refractivity contribution in [2.45, 2.75) is 53.4 Å². The van der Waals surface area contributed by atoms with Crippen molar-refractivity contribution in [3.05, 3.63) is 35.4 Å². The predicted octanol–water partition coefficient (Wildman–Crippen LogP) is 4.62. The topological polar surface area (TPSA) is 0 Å². The van der Waals surface area contributed by atoms with E-state index in [0.717, 1.165) is 0 Å². The molecule has 0 heterocycles. The van der Waals surface area contributed by atoms with E-state index in [4.69, 9.17) is 0 Å². The van der Waals surface area contributed by atoms with E-state index in [1.807, 2.05) is 0 Å². The van der Waals surface area contributed by atoms with Crippen LogP contribution in [-0.2, 0) is 12.8 Å². The molecule has 1 aromatic carbocycles. The molecule has 0 amide bonds. The molecule has 0 aromatic heterocycles. The van der Waals surface area contributed by atoms with Gasteiger partial charge in [-0.25, -0.2) is 0 Å². The van der Waals surface area contributed by atoms with Gasteiger partial charge in [0.2, 0.25) is 0 Å². The number of benzene rings is 1. The van der Waals surface area contributed by atoms with E-state index in [1.54, 1.807) is 0 Å². The summed E-state index contributed by atoms with van der Waals surface area (Å²) in [6, 6.07) is 9.14. The van der Waals surface area contributed by atoms with Crippen molar-refractivity contribution in [1.29, 1.82) is 0 Å². The lowest BCUT2D eigenvalue weighted by molar-refractivity contribution is 0.378. The fourth-order valence-corrected chi connectivity index (χ4v) is 1.68. The standard InChI is InChI=1S/C15H24/c1-5-6-13-7-9-14(10-8-13)11-12-15(2,3)4/h7-10H,5-6,11-12H2,1-4H3. The van der Waals surface area contributed by atoms with Crippen molar-refractivity contribution in [2.75, 3.05) is 0 Å². The van der Waals surface area contributed by atoms with Gasteiger partial charge >= 0.3 is 0 Å². The maximum Gasteiger partial charge on any atom is -0.0274 e. The van der Waals surface area contributed by atoms with Gasteiger partial charge in [-0.05, 0) is 35.8 Å². The van der Waals surface area contributed by atoms with Gasteiger partial charge in [-0.2, -0.15) is 0 Å². The molecule has 0 N–H and O–H groups in total. The molecule has 1 aromatic rings. The Morgan fingerprint density at radius 1 is 0.867 bits per heavy atom. The Morgan fingerprint density at radius 2 is 1.33 bits per heavy atom. The summed E-state index contributed by atoms with van der Waals surface area (Å²) in [5.74, 6) is 0. The van der Waals surface area contributed by atoms with Crippen LogP contribution < -0.4 is 0 Å². The molecule has 0 bridgehead atoms. The maximum atomic E-state index is 2.30. The first-order valence-corrected chi connectivity index (χ1v) is 6.09. The van der Waals surface area contributed by atoms with Crippen LogP contribution in [0.4, 0.5) is 0 Å². The number of hydrogen-bond donors (Lipinski definition) is 0. The van der Waals surface area contributed by atoms with Crippen LogP contribution in [0.1, 0.15) is 51.7 Å². The summed E-state index contributed by atoms with van der Waals surface area (Å²) in [5.41, 5.74) is 3.39. The fourth-order valence-electron chi connectivity index (χ4n) is 1.68. The van der Waals surface area contributed by atoms with Crippen molar-refractivity contribution < 1.29 is 0 Å². The van der Waals surface area contributed by atoms with Gasteiger partial charge in [-0.3, -0.25) is 0 Å². The Morgan fingerprint density at radius 3 is 1.73 bits per heavy atom. The molecule has 0 atom stereocenters. The van der Waals surface area contributed by atoms with E-state index in [9.17, 15) is 0 Å². The third-order valence-electron chi connectivity index (χ3n) is 2.73. The van der Waals surface area contributed by atoms with Crippen molar-refractivity contribution in [2.24, 2.45) is 5.41 Å². The highest BCUT2D eigenvalue weighted by atomic mass is 14.1. The van der Waals surface area contributed by atoms with Crippen LogP contribution in [0.25, 0.3) is 0 Å². The Hall–Kier alpha value is -0.780. The van der Waals surface area contributed by atoms with Gasteiger partial charge < -0.3 is 0 Å². The van der Waals surface area contributed by atoms with Gasteiger partial charge in [0, 0.05) is 0 Å². The third kappa shape index (κ3) is 5.01. The second kappa shape index (κ2) is 5.34. The first-order valence-electron chi connectivity index (χ1n) is 6.09. The summed E-state index contributed by atoms with van der Waals surface area (Å²) >= 11 is 0. The zero-order chi connectivity index (χ0) is 11.3. The van der Waals surface area contributed by atoms with E-state index in [2.05, 4.69) is 52.0 Å². The lowest BCUT2D eigenvalue weighted by atomic mass is 9.88. The van der Waals surface area contributed by atoms with Crippen LogP contribution in [0.5, 0.6) is 0 Å². The quantitative estimate of drug-likeness (QED) is 0.671. The summed E-state index contributed by atoms with van der Waals surface area (Å²) in [6.07, 6.45) is 4.91. The van der Waals surface area contributed by atoms with Gasteiger partial charge in [0.1, 0.15) is 0 Å². The van der Waals surface area contributed by atoms with Crippen LogP contribution in [0.15, 0.2) is 24.3 Å². The lowest BCUT2D eigenvalue weighted by Gasteiger charge is -2.17. The minimum atomic E-state index is 0.447. The molecule has 0 fully saturated rings. The van der Waals surface area contributed by atoms with Crippen molar-refractivity contribution in [1.82, 2.24) is 0 Å². The third-order valence-corrected chi connectivity index (χ3v) is 2.73. The molecule has 84 valence electrons. The largest absolute Gasteiger partial charge is 0.0651 e. The zero-order valence-corrected chi connectivity index (χ0v) is 10.6. The molecular weight excluding hydrogens is 180 g/mol. The first-order chi connectivity index (χ1) is 7.01. The Bertz CT molecular complexity index is 274. The number of hydrogen-bond acceptors (Lipinski definition) is 0. The highest BCUT2D eigenvalue weighted by molar-refractivity contribution is 5.22. The highest BCUT2D eigenvalue weighted by Gasteiger charge is 2.09. The van der Waals surface area contributed by atoms with E-state index in [-0.39, 0.29) is 0 Å². The summed E-state index contributed by atoms with van der Waals surface area (Å²) in [7, 11) is 0. The summed E-state index contributed by atoms with van der Waals surface area (Å²) < 4.78 is 0. The molecule has 0 heteroatoms. The molecule has 0 saturated heterocycles. The smallest absolute Gasteiger partial charge is 0.0274 e. The van der Waals surface area contributed by atoms with Crippen LogP contribution in [0, 0.1) is 5.41 Å². The van der Waals surface area contributed by atoms with Crippen molar-refractivity contribution >= 4 is 0 Å². The number of rotatable bonds is 4. The summed E-state index contributed by atoms with van der Waals surface area (Å²) in [4.78, 5) is 0. The molecule has 0 unspecified atom stereocenters. The van der Waals surface area contributed by atoms with Gasteiger partial charge in [-0.1, -0.05) is 58.4 Å². The Balaban J connectivity index is 2.50. The van der Waals surface area contributed by atoms with E-state index in [1.165, 1.54) is 36.8 Å². The minimum absolute atomic E-state index is 0.447. The van der Waals surface area contributed by atoms with Gasteiger partial charge in [0.15, 0.2) is 0 Å². The monoisotopic (exact) mass is 204 g/mol. The van der Waals surface area contributed by atoms with Gasteiger partial charge in [0.25, 0.3) is 0 Å². The van der Waals surface area contributed by atoms with E-state index < -0.39 is 0 Å². The van der Waals surface area contributed by atoms with E-state index >= 15 is 0 Å². The van der Waals surface area contributed by atoms with Crippen LogP contribution >= 0.6 is 0 Å². The molecule has 15 heavy (non-hydrogen) atoms. The minimum Gasteiger partial charge on any atom is -0.0651 e. The second-order valence-electron chi connectivity index (χ2n) is 5.63. The lowest BCUT2D eigenvalue weighted by Crippen LogP contribution is -2.06. The zero-order valence-electron chi connectivity index (χ0n) is 10.6. The van der Waals surface area contributed by atoms with Crippen molar-refractivity contribution in [3.63, 3.8) is 0 Å². The van der Waals surface area contributed by atoms with Crippen LogP contribution in [0.3, 0.4) is 0 Å². The Labute approximate surface area is 94.7 Å². The van der Waals surface area contributed by atoms with Gasteiger partial charge in [-0.15, -0.1) is 0 Å². The second-order valence-corrected chi connectivity index (χ2v) is 5.63. The highest BCUT2D eigenvalue weighted by Crippen LogP contribution is 2.21. The van der Waals surface area contributed by atoms with E-state index in [0.29, 0.717) is 5.41 Å². The molecule has 0 saturated carbocycles. The van der Waals surface area contributed by atoms with Crippen LogP contribution in [0.2, 0.25) is 0 Å². The van der Waals surface area contributed by atoms with Crippen molar-refractivity contribution in [3.8, 4) is 0 Å². The Kier molecular flexibility index (Phi) is 4.38. The molecule has 0 spiro atoms. The molecular formula is C15H24. The number of aryl methyl sites for hydroxylation is 2. The normalized spacial score (nSPS) is 11.7. The summed E-state index contributed by atoms with van der Waals surface area (Å²) in [6.45, 7) is 9.14. The average Bonchev–Trinajstić information content (AvgIpc) is 2.16. The molecule has 0 aliphatic carbocycles. The molecule has 0 aliphatic rings. The molecule has 0 radical (unpaired) electrons. The molecule has 0 nitrogen and oxygen atoms in total. The first kappa shape index (κ1) is 12.3. The summed E-state index contributed by atoms with van der Waals surface area (Å²) in [5, 5.41) is 0.